The number of pyridine rings is 1. The average molecular weight is 572 g/mol. The van der Waals surface area contributed by atoms with Crippen LogP contribution in [0.3, 0.4) is 0 Å². The van der Waals surface area contributed by atoms with Crippen LogP contribution in [-0.2, 0) is 33.7 Å². The van der Waals surface area contributed by atoms with E-state index in [4.69, 9.17) is 18.1 Å². The summed E-state index contributed by atoms with van der Waals surface area (Å²) in [4.78, 5) is 11.7. The van der Waals surface area contributed by atoms with Gasteiger partial charge in [-0.3, -0.25) is 9.88 Å². The molecule has 203 valence electrons. The maximum Gasteiger partial charge on any atom is 3.00 e. The van der Waals surface area contributed by atoms with E-state index in [1.807, 2.05) is 12.3 Å². The Kier molecular flexibility index (Phi) is 16.4. The maximum atomic E-state index is 10.7. The molecule has 0 spiro atoms. The number of hydrogen-bond acceptors (Lipinski definition) is 9. The molecular formula is C21H35F3FeN4O5S+. The number of aromatic nitrogens is 1. The van der Waals surface area contributed by atoms with Gasteiger partial charge in [-0.05, 0) is 32.6 Å². The van der Waals surface area contributed by atoms with E-state index in [9.17, 15) is 18.3 Å². The summed E-state index contributed by atoms with van der Waals surface area (Å²) in [5.41, 5.74) is -4.48. The van der Waals surface area contributed by atoms with E-state index in [0.29, 0.717) is 12.8 Å². The van der Waals surface area contributed by atoms with Crippen LogP contribution in [0, 0.1) is 0 Å². The molecule has 2 atom stereocenters. The average Bonchev–Trinajstić information content (AvgIpc) is 2.83. The van der Waals surface area contributed by atoms with Crippen molar-refractivity contribution in [3.63, 3.8) is 0 Å². The molecule has 1 saturated carbocycles. The predicted octanol–water partition coefficient (Wildman–Crippen LogP) is 0.460. The van der Waals surface area contributed by atoms with Crippen LogP contribution >= 0.6 is 0 Å². The molecule has 3 rings (SSSR count). The number of aliphatic hydroxyl groups is 1. The van der Waals surface area contributed by atoms with Gasteiger partial charge in [-0.1, -0.05) is 31.4 Å². The fourth-order valence-electron chi connectivity index (χ4n) is 3.26. The maximum absolute atomic E-state index is 10.7. The molecule has 9 nitrogen and oxygen atoms in total. The molecule has 14 heteroatoms. The fraction of sp³-hybridized carbons (Fsp3) is 0.762. The summed E-state index contributed by atoms with van der Waals surface area (Å²) in [6.45, 7) is 7.81. The van der Waals surface area contributed by atoms with Crippen molar-refractivity contribution in [2.75, 3.05) is 53.4 Å². The molecule has 2 aliphatic rings. The van der Waals surface area contributed by atoms with E-state index in [2.05, 4.69) is 45.9 Å². The quantitative estimate of drug-likeness (QED) is 0.233. The number of hydrogen-bond donors (Lipinski definition) is 1. The van der Waals surface area contributed by atoms with Crippen LogP contribution in [0.4, 0.5) is 13.2 Å². The molecule has 0 bridgehead atoms. The van der Waals surface area contributed by atoms with Crippen molar-refractivity contribution in [1.29, 1.82) is 0 Å². The number of nitrogens with zero attached hydrogens (tertiary/aromatic N) is 4. The van der Waals surface area contributed by atoms with Crippen molar-refractivity contribution in [3.8, 4) is 0 Å². The summed E-state index contributed by atoms with van der Waals surface area (Å²) in [5.74, 6) is 0. The summed E-state index contributed by atoms with van der Waals surface area (Å²) in [5, 5.41) is 19.5. The minimum absolute atomic E-state index is 0. The summed E-state index contributed by atoms with van der Waals surface area (Å²) in [7, 11) is -1.68. The molecule has 1 aromatic rings. The van der Waals surface area contributed by atoms with Crippen molar-refractivity contribution in [3.05, 3.63) is 30.1 Å². The molecule has 2 fully saturated rings. The van der Waals surface area contributed by atoms with Gasteiger partial charge in [0, 0.05) is 58.1 Å². The summed E-state index contributed by atoms with van der Waals surface area (Å²) < 4.78 is 58.9. The Labute approximate surface area is 216 Å². The van der Waals surface area contributed by atoms with Crippen molar-refractivity contribution >= 4 is 10.1 Å². The van der Waals surface area contributed by atoms with Crippen molar-refractivity contribution in [2.24, 2.45) is 0 Å². The SMILES string of the molecule is CN1CCN(C)CCN(Cc2ccccn2)CC1.O=S(=O)([O-])C(F)(F)F.[18O-]C1CCCCC1[18OH].[Fe+3]. The third kappa shape index (κ3) is 15.1. The molecule has 1 saturated heterocycles. The summed E-state index contributed by atoms with van der Waals surface area (Å²) in [6.07, 6.45) is 4.05. The second-order valence-corrected chi connectivity index (χ2v) is 9.87. The number of halogens is 3. The van der Waals surface area contributed by atoms with Gasteiger partial charge in [0.2, 0.25) is 0 Å². The Morgan fingerprint density at radius 2 is 1.54 bits per heavy atom. The standard InChI is InChI=1S/C14H24N4.C6H11O2.CHF3O3S.Fe/c1-16-7-8-17(2)10-12-18(11-9-16)13-14-5-3-4-6-15-14;7-5-3-1-2-4-6(5)8;2-1(3,4)8(5,6)7;/h3-6H,7-13H2,1-2H3;5-7H,1-4H2;(H,5,6,7);/q;-1;;+3/p-1/i;7+2,8+2;;. The van der Waals surface area contributed by atoms with Gasteiger partial charge in [0.05, 0.1) is 5.69 Å². The molecule has 2 unspecified atom stereocenters. The molecule has 1 aromatic heterocycles. The zero-order valence-corrected chi connectivity index (χ0v) is 21.9. The molecule has 0 amide bonds. The minimum Gasteiger partial charge on any atom is -0.850 e. The van der Waals surface area contributed by atoms with E-state index < -0.39 is 27.8 Å². The van der Waals surface area contributed by atoms with Gasteiger partial charge in [0.25, 0.3) is 0 Å². The zero-order valence-electron chi connectivity index (χ0n) is 20.0. The van der Waals surface area contributed by atoms with Crippen molar-refractivity contribution in [2.45, 2.75) is 49.9 Å². The van der Waals surface area contributed by atoms with Gasteiger partial charge in [-0.2, -0.15) is 13.2 Å². The van der Waals surface area contributed by atoms with E-state index in [1.165, 1.54) is 5.69 Å². The minimum atomic E-state index is -6.09. The normalized spacial score (nSPS) is 23.2. The third-order valence-electron chi connectivity index (χ3n) is 5.52. The molecular weight excluding hydrogens is 537 g/mol. The first-order valence-corrected chi connectivity index (χ1v) is 12.6. The second-order valence-electron chi connectivity index (χ2n) is 8.49. The molecule has 1 aliphatic carbocycles. The van der Waals surface area contributed by atoms with Gasteiger partial charge in [0.15, 0.2) is 10.1 Å². The van der Waals surface area contributed by atoms with Crippen LogP contribution in [0.2, 0.25) is 0 Å². The van der Waals surface area contributed by atoms with E-state index >= 15 is 0 Å². The number of likely N-dealkylation sites (N-methyl/N-ethyl adjacent to an activating group) is 2. The van der Waals surface area contributed by atoms with Gasteiger partial charge in [0.1, 0.15) is 0 Å². The first-order chi connectivity index (χ1) is 15.8. The van der Waals surface area contributed by atoms with Gasteiger partial charge < -0.3 is 24.6 Å². The van der Waals surface area contributed by atoms with Crippen molar-refractivity contribution in [1.82, 2.24) is 19.7 Å². The smallest absolute Gasteiger partial charge is 0.850 e. The molecule has 2 heterocycles. The van der Waals surface area contributed by atoms with Crippen LogP contribution in [0.5, 0.6) is 0 Å². The number of aliphatic hydroxyl groups excluding tert-OH is 1. The Balaban J connectivity index is 0.000000569. The third-order valence-corrected chi connectivity index (χ3v) is 6.09. The molecule has 1 N–H and O–H groups in total. The van der Waals surface area contributed by atoms with Gasteiger partial charge in [-0.15, -0.1) is 0 Å². The summed E-state index contributed by atoms with van der Waals surface area (Å²) >= 11 is 0. The van der Waals surface area contributed by atoms with Crippen LogP contribution in [0.25, 0.3) is 0 Å². The Hall–Kier alpha value is -0.831. The Morgan fingerprint density at radius 1 is 1.06 bits per heavy atom. The van der Waals surface area contributed by atoms with Crippen LogP contribution in [0.15, 0.2) is 24.4 Å². The van der Waals surface area contributed by atoms with E-state index in [-0.39, 0.29) is 17.1 Å². The van der Waals surface area contributed by atoms with E-state index in [1.54, 1.807) is 0 Å². The molecule has 0 aromatic carbocycles. The molecule has 1 radical (unpaired) electrons. The topological polar surface area (TPSA) is 123 Å². The monoisotopic (exact) mass is 572 g/mol. The summed E-state index contributed by atoms with van der Waals surface area (Å²) in [6, 6.07) is 6.15. The Morgan fingerprint density at radius 3 is 1.91 bits per heavy atom. The van der Waals surface area contributed by atoms with Gasteiger partial charge >= 0.3 is 22.6 Å². The number of alkyl halides is 3. The largest absolute Gasteiger partial charge is 3.00 e. The van der Waals surface area contributed by atoms with Gasteiger partial charge in [-0.25, -0.2) is 8.42 Å². The van der Waals surface area contributed by atoms with Crippen LogP contribution < -0.4 is 5.11 Å². The first-order valence-electron chi connectivity index (χ1n) is 11.1. The first kappa shape index (κ1) is 34.2. The Bertz CT molecular complexity index is 769. The van der Waals surface area contributed by atoms with E-state index in [0.717, 1.165) is 58.7 Å². The van der Waals surface area contributed by atoms with Crippen molar-refractivity contribution < 1.29 is 53.4 Å². The van der Waals surface area contributed by atoms with Crippen LogP contribution in [0.1, 0.15) is 31.4 Å². The zero-order chi connectivity index (χ0) is 25.8. The fourth-order valence-corrected chi connectivity index (χ4v) is 3.26. The number of rotatable bonds is 2. The molecule has 1 aliphatic heterocycles. The molecule has 35 heavy (non-hydrogen) atoms. The van der Waals surface area contributed by atoms with Crippen LogP contribution in [-0.4, -0.2) is 109 Å². The second kappa shape index (κ2) is 16.8. The predicted molar refractivity (Wildman–Crippen MR) is 119 cm³/mol.